The van der Waals surface area contributed by atoms with Crippen molar-refractivity contribution in [3.8, 4) is 0 Å². The Balaban J connectivity index is 2.51. The first-order valence-corrected chi connectivity index (χ1v) is 7.69. The van der Waals surface area contributed by atoms with Crippen LogP contribution in [0.3, 0.4) is 0 Å². The molecule has 6 heteroatoms. The second kappa shape index (κ2) is 5.30. The Morgan fingerprint density at radius 1 is 1.24 bits per heavy atom. The average molecular weight is 443 g/mol. The summed E-state index contributed by atoms with van der Waals surface area (Å²) >= 11 is 11.1. The van der Waals surface area contributed by atoms with Crippen molar-refractivity contribution in [2.24, 2.45) is 0 Å². The number of thiophene rings is 1. The topological polar surface area (TPSA) is 17.1 Å². The van der Waals surface area contributed by atoms with Crippen molar-refractivity contribution in [1.29, 1.82) is 0 Å². The number of benzene rings is 1. The molecule has 1 aromatic carbocycles. The summed E-state index contributed by atoms with van der Waals surface area (Å²) in [6.07, 6.45) is 0. The van der Waals surface area contributed by atoms with Crippen LogP contribution in [0.15, 0.2) is 37.0 Å². The maximum Gasteiger partial charge on any atom is 0.207 e. The molecule has 0 spiro atoms. The molecular formula is C11H4Br3FOS. The second-order valence-electron chi connectivity index (χ2n) is 3.18. The van der Waals surface area contributed by atoms with Crippen LogP contribution in [0, 0.1) is 5.82 Å². The van der Waals surface area contributed by atoms with Crippen LogP contribution < -0.4 is 0 Å². The third-order valence-corrected chi connectivity index (χ3v) is 6.09. The van der Waals surface area contributed by atoms with E-state index in [0.717, 1.165) is 4.47 Å². The minimum atomic E-state index is -0.519. The lowest BCUT2D eigenvalue weighted by molar-refractivity contribution is 0.103. The maximum absolute atomic E-state index is 13.6. The minimum absolute atomic E-state index is 0.0643. The Kier molecular flexibility index (Phi) is 4.18. The number of carbonyl (C=O) groups is 1. The number of carbonyl (C=O) groups excluding carboxylic acids is 1. The SMILES string of the molecule is O=C(c1cc(Br)ccc1F)c1scc(Br)c1Br. The first-order valence-electron chi connectivity index (χ1n) is 4.43. The standard InChI is InChI=1S/C11H4Br3FOS/c12-5-1-2-8(15)6(3-5)10(16)11-9(14)7(13)4-17-11/h1-4H. The Labute approximate surface area is 126 Å². The van der Waals surface area contributed by atoms with Gasteiger partial charge in [0.2, 0.25) is 5.78 Å². The fourth-order valence-electron chi connectivity index (χ4n) is 1.27. The molecule has 1 nitrogen and oxygen atoms in total. The monoisotopic (exact) mass is 440 g/mol. The van der Waals surface area contributed by atoms with Crippen molar-refractivity contribution in [1.82, 2.24) is 0 Å². The zero-order valence-electron chi connectivity index (χ0n) is 8.14. The number of hydrogen-bond acceptors (Lipinski definition) is 2. The summed E-state index contributed by atoms with van der Waals surface area (Å²) in [5.41, 5.74) is 0.0643. The molecule has 0 amide bonds. The first kappa shape index (κ1) is 13.4. The number of ketones is 1. The molecule has 0 aliphatic rings. The van der Waals surface area contributed by atoms with Crippen LogP contribution in [-0.4, -0.2) is 5.78 Å². The summed E-state index contributed by atoms with van der Waals surface area (Å²) in [5.74, 6) is -0.846. The molecule has 0 saturated carbocycles. The Hall–Kier alpha value is -0.0400. The lowest BCUT2D eigenvalue weighted by Gasteiger charge is -2.02. The van der Waals surface area contributed by atoms with Gasteiger partial charge in [0.05, 0.1) is 14.9 Å². The largest absolute Gasteiger partial charge is 0.288 e. The van der Waals surface area contributed by atoms with Gasteiger partial charge in [0.15, 0.2) is 0 Å². The summed E-state index contributed by atoms with van der Waals surface area (Å²) in [7, 11) is 0. The molecule has 1 heterocycles. The van der Waals surface area contributed by atoms with Gasteiger partial charge in [0.1, 0.15) is 5.82 Å². The van der Waals surface area contributed by atoms with Crippen LogP contribution in [0.5, 0.6) is 0 Å². The highest BCUT2D eigenvalue weighted by molar-refractivity contribution is 9.13. The van der Waals surface area contributed by atoms with Gasteiger partial charge in [-0.1, -0.05) is 15.9 Å². The van der Waals surface area contributed by atoms with Gasteiger partial charge in [-0.25, -0.2) is 4.39 Å². The zero-order valence-corrected chi connectivity index (χ0v) is 13.7. The van der Waals surface area contributed by atoms with Gasteiger partial charge in [0, 0.05) is 14.3 Å². The third kappa shape index (κ3) is 2.70. The van der Waals surface area contributed by atoms with Gasteiger partial charge in [-0.2, -0.15) is 0 Å². The van der Waals surface area contributed by atoms with E-state index in [1.807, 2.05) is 0 Å². The highest BCUT2D eigenvalue weighted by atomic mass is 79.9. The van der Waals surface area contributed by atoms with Crippen molar-refractivity contribution in [2.45, 2.75) is 0 Å². The molecule has 0 atom stereocenters. The van der Waals surface area contributed by atoms with Crippen LogP contribution in [-0.2, 0) is 0 Å². The maximum atomic E-state index is 13.6. The molecule has 2 aromatic rings. The van der Waals surface area contributed by atoms with Gasteiger partial charge in [0.25, 0.3) is 0 Å². The quantitative estimate of drug-likeness (QED) is 0.569. The Morgan fingerprint density at radius 3 is 2.53 bits per heavy atom. The lowest BCUT2D eigenvalue weighted by atomic mass is 10.1. The molecule has 0 unspecified atom stereocenters. The first-order chi connectivity index (χ1) is 8.00. The van der Waals surface area contributed by atoms with Crippen LogP contribution in [0.4, 0.5) is 4.39 Å². The Bertz CT molecular complexity index is 594. The molecule has 1 aromatic heterocycles. The van der Waals surface area contributed by atoms with Crippen LogP contribution in [0.1, 0.15) is 15.2 Å². The molecule has 0 bridgehead atoms. The van der Waals surface area contributed by atoms with Gasteiger partial charge < -0.3 is 0 Å². The summed E-state index contributed by atoms with van der Waals surface area (Å²) in [5, 5.41) is 1.78. The lowest BCUT2D eigenvalue weighted by Crippen LogP contribution is -2.02. The molecule has 88 valence electrons. The molecule has 2 rings (SSSR count). The number of halogens is 4. The van der Waals surface area contributed by atoms with Crippen LogP contribution in [0.2, 0.25) is 0 Å². The van der Waals surface area contributed by atoms with Gasteiger partial charge in [-0.3, -0.25) is 4.79 Å². The number of hydrogen-bond donors (Lipinski definition) is 0. The van der Waals surface area contributed by atoms with E-state index in [9.17, 15) is 9.18 Å². The third-order valence-electron chi connectivity index (χ3n) is 2.07. The van der Waals surface area contributed by atoms with E-state index >= 15 is 0 Å². The van der Waals surface area contributed by atoms with Gasteiger partial charge in [-0.15, -0.1) is 11.3 Å². The predicted octanol–water partition coefficient (Wildman–Crippen LogP) is 5.41. The minimum Gasteiger partial charge on any atom is -0.288 e. The molecule has 0 aliphatic carbocycles. The molecule has 0 radical (unpaired) electrons. The van der Waals surface area contributed by atoms with Crippen molar-refractivity contribution in [3.63, 3.8) is 0 Å². The van der Waals surface area contributed by atoms with E-state index in [2.05, 4.69) is 47.8 Å². The molecular weight excluding hydrogens is 439 g/mol. The smallest absolute Gasteiger partial charge is 0.207 e. The highest BCUT2D eigenvalue weighted by Crippen LogP contribution is 2.34. The van der Waals surface area contributed by atoms with Crippen LogP contribution >= 0.6 is 59.1 Å². The number of rotatable bonds is 2. The summed E-state index contributed by atoms with van der Waals surface area (Å²) in [6, 6.07) is 4.32. The van der Waals surface area contributed by atoms with E-state index in [4.69, 9.17) is 0 Å². The Morgan fingerprint density at radius 2 is 1.94 bits per heavy atom. The summed E-state index contributed by atoms with van der Waals surface area (Å²) in [6.45, 7) is 0. The summed E-state index contributed by atoms with van der Waals surface area (Å²) in [4.78, 5) is 12.6. The molecule has 0 fully saturated rings. The average Bonchev–Trinajstić information content (AvgIpc) is 2.62. The van der Waals surface area contributed by atoms with E-state index in [0.29, 0.717) is 13.8 Å². The normalized spacial score (nSPS) is 10.6. The summed E-state index contributed by atoms with van der Waals surface area (Å²) < 4.78 is 15.7. The van der Waals surface area contributed by atoms with E-state index in [-0.39, 0.29) is 11.3 Å². The van der Waals surface area contributed by atoms with Crippen molar-refractivity contribution >= 4 is 64.9 Å². The van der Waals surface area contributed by atoms with Gasteiger partial charge in [-0.05, 0) is 50.1 Å². The van der Waals surface area contributed by atoms with Crippen LogP contribution in [0.25, 0.3) is 0 Å². The highest BCUT2D eigenvalue weighted by Gasteiger charge is 2.20. The van der Waals surface area contributed by atoms with Crippen molar-refractivity contribution in [2.75, 3.05) is 0 Å². The fourth-order valence-corrected chi connectivity index (χ4v) is 3.74. The fraction of sp³-hybridized carbons (Fsp3) is 0. The zero-order chi connectivity index (χ0) is 12.6. The van der Waals surface area contributed by atoms with E-state index < -0.39 is 5.82 Å². The molecule has 0 N–H and O–H groups in total. The molecule has 0 aliphatic heterocycles. The molecule has 17 heavy (non-hydrogen) atoms. The van der Waals surface area contributed by atoms with Crippen molar-refractivity contribution < 1.29 is 9.18 Å². The van der Waals surface area contributed by atoms with Crippen molar-refractivity contribution in [3.05, 3.63) is 53.3 Å². The second-order valence-corrected chi connectivity index (χ2v) is 6.62. The predicted molar refractivity (Wildman–Crippen MR) is 77.3 cm³/mol. The van der Waals surface area contributed by atoms with E-state index in [1.165, 1.54) is 23.5 Å². The molecule has 0 saturated heterocycles. The van der Waals surface area contributed by atoms with Gasteiger partial charge >= 0.3 is 0 Å². The van der Waals surface area contributed by atoms with E-state index in [1.54, 1.807) is 11.4 Å².